The van der Waals surface area contributed by atoms with Crippen LogP contribution in [0.1, 0.15) is 0 Å². The number of hydrogen-bond acceptors (Lipinski definition) is 2. The van der Waals surface area contributed by atoms with Crippen molar-refractivity contribution in [3.63, 3.8) is 0 Å². The minimum Gasteiger partial charge on any atom is -0.445 e. The Hall–Kier alpha value is 0.141. The molecule has 0 bridgehead atoms. The summed E-state index contributed by atoms with van der Waals surface area (Å²) in [4.78, 5) is 13.2. The number of aromatic amines is 1. The fourth-order valence-electron chi connectivity index (χ4n) is 1.30. The van der Waals surface area contributed by atoms with Crippen LogP contribution in [0.4, 0.5) is 12.9 Å². The van der Waals surface area contributed by atoms with Crippen LogP contribution in [-0.4, -0.2) is 12.0 Å². The van der Waals surface area contributed by atoms with Gasteiger partial charge in [0.25, 0.3) is 0 Å². The fraction of sp³-hybridized carbons (Fsp3) is 0. The predicted octanol–water partition coefficient (Wildman–Crippen LogP) is -0.838. The molecule has 0 aliphatic heterocycles. The van der Waals surface area contributed by atoms with Gasteiger partial charge in [0.15, 0.2) is 0 Å². The molecule has 0 aliphatic carbocycles. The molecule has 0 spiro atoms. The van der Waals surface area contributed by atoms with Crippen LogP contribution in [0.15, 0.2) is 34.4 Å². The molecule has 1 aromatic carbocycles. The first-order valence-corrected chi connectivity index (χ1v) is 5.33. The van der Waals surface area contributed by atoms with Crippen molar-refractivity contribution in [3.05, 3.63) is 39.3 Å². The van der Waals surface area contributed by atoms with Crippen molar-refractivity contribution in [2.45, 2.75) is 0 Å². The summed E-state index contributed by atoms with van der Waals surface area (Å²) in [5.74, 6) is 0. The third kappa shape index (κ3) is 3.80. The fourth-order valence-corrected chi connectivity index (χ4v) is 1.89. The zero-order chi connectivity index (χ0) is 11.8. The molecule has 1 N–H and O–H groups in total. The summed E-state index contributed by atoms with van der Waals surface area (Å²) >= 11 is 0.980. The van der Waals surface area contributed by atoms with E-state index in [0.29, 0.717) is 11.3 Å². The molecule has 2 rings (SSSR count). The standard InChI is InChI=1S/C9H6BF3NOS.K/c11-10(12,13)7-3-1-6(2-4-7)8-5-16-9(15)14-8;/h1-5H,(H,14,15);/q-1;+1. The Kier molecular flexibility index (Phi) is 5.23. The summed E-state index contributed by atoms with van der Waals surface area (Å²) < 4.78 is 37.0. The van der Waals surface area contributed by atoms with E-state index in [0.717, 1.165) is 23.5 Å². The first kappa shape index (κ1) is 15.2. The summed E-state index contributed by atoms with van der Waals surface area (Å²) in [5.41, 5.74) is 0.472. The van der Waals surface area contributed by atoms with Crippen LogP contribution in [0.5, 0.6) is 0 Å². The molecule has 2 nitrogen and oxygen atoms in total. The molecule has 8 heteroatoms. The van der Waals surface area contributed by atoms with Crippen molar-refractivity contribution < 1.29 is 64.3 Å². The van der Waals surface area contributed by atoms with E-state index in [1.807, 2.05) is 0 Å². The number of nitrogens with one attached hydrogen (secondary N) is 1. The number of benzene rings is 1. The van der Waals surface area contributed by atoms with Crippen molar-refractivity contribution in [2.75, 3.05) is 0 Å². The van der Waals surface area contributed by atoms with Gasteiger partial charge in [-0.25, -0.2) is 0 Å². The van der Waals surface area contributed by atoms with Crippen LogP contribution in [0.25, 0.3) is 11.3 Å². The van der Waals surface area contributed by atoms with Crippen molar-refractivity contribution >= 4 is 23.8 Å². The number of halogens is 3. The SMILES string of the molecule is O=c1[nH]c(-c2ccc([B-](F)(F)F)cc2)cs1.[K+]. The van der Waals surface area contributed by atoms with E-state index in [2.05, 4.69) is 4.98 Å². The van der Waals surface area contributed by atoms with Gasteiger partial charge in [-0.05, 0) is 5.56 Å². The molecule has 2 aromatic rings. The average molecular weight is 283 g/mol. The van der Waals surface area contributed by atoms with Gasteiger partial charge in [0.05, 0.1) is 5.69 Å². The van der Waals surface area contributed by atoms with Crippen LogP contribution < -0.4 is 61.7 Å². The zero-order valence-electron chi connectivity index (χ0n) is 8.91. The second-order valence-electron chi connectivity index (χ2n) is 3.26. The Morgan fingerprint density at radius 3 is 2.12 bits per heavy atom. The maximum absolute atomic E-state index is 12.3. The summed E-state index contributed by atoms with van der Waals surface area (Å²) in [5, 5.41) is 1.58. The van der Waals surface area contributed by atoms with E-state index in [1.54, 1.807) is 5.38 Å². The minimum atomic E-state index is -4.96. The predicted molar refractivity (Wildman–Crippen MR) is 59.1 cm³/mol. The van der Waals surface area contributed by atoms with Crippen molar-refractivity contribution in [3.8, 4) is 11.3 Å². The number of aromatic nitrogens is 1. The topological polar surface area (TPSA) is 32.9 Å². The van der Waals surface area contributed by atoms with Gasteiger partial charge in [-0.3, -0.25) is 4.79 Å². The molecule has 1 heterocycles. The monoisotopic (exact) mass is 283 g/mol. The molecule has 0 saturated carbocycles. The summed E-state index contributed by atoms with van der Waals surface area (Å²) in [7, 11) is 0. The van der Waals surface area contributed by atoms with Gasteiger partial charge >= 0.3 is 63.2 Å². The third-order valence-corrected chi connectivity index (χ3v) is 2.79. The van der Waals surface area contributed by atoms with Crippen LogP contribution in [0.3, 0.4) is 0 Å². The molecule has 1 aromatic heterocycles. The second kappa shape index (κ2) is 5.85. The Bertz CT molecular complexity index is 548. The smallest absolute Gasteiger partial charge is 0.445 e. The number of hydrogen-bond donors (Lipinski definition) is 1. The summed E-state index contributed by atoms with van der Waals surface area (Å²) in [6.07, 6.45) is 0. The molecule has 84 valence electrons. The van der Waals surface area contributed by atoms with Gasteiger partial charge in [0.2, 0.25) is 0 Å². The van der Waals surface area contributed by atoms with Crippen LogP contribution >= 0.6 is 11.3 Å². The van der Waals surface area contributed by atoms with E-state index in [9.17, 15) is 17.7 Å². The van der Waals surface area contributed by atoms with E-state index in [4.69, 9.17) is 0 Å². The molecule has 0 unspecified atom stereocenters. The van der Waals surface area contributed by atoms with Crippen LogP contribution in [0, 0.1) is 0 Å². The number of rotatable bonds is 2. The van der Waals surface area contributed by atoms with E-state index in [-0.39, 0.29) is 56.3 Å². The molecule has 0 atom stereocenters. The molecule has 0 aliphatic rings. The first-order valence-electron chi connectivity index (χ1n) is 4.45. The number of thiazole rings is 1. The third-order valence-electron chi connectivity index (χ3n) is 2.12. The summed E-state index contributed by atoms with van der Waals surface area (Å²) in [6, 6.07) is 4.74. The van der Waals surface area contributed by atoms with Gasteiger partial charge in [-0.2, -0.15) is 0 Å². The Morgan fingerprint density at radius 2 is 1.71 bits per heavy atom. The minimum absolute atomic E-state index is 0. The normalized spacial score (nSPS) is 11.0. The summed E-state index contributed by atoms with van der Waals surface area (Å²) in [6.45, 7) is -4.96. The van der Waals surface area contributed by atoms with Crippen LogP contribution in [0.2, 0.25) is 0 Å². The van der Waals surface area contributed by atoms with E-state index in [1.165, 1.54) is 12.1 Å². The van der Waals surface area contributed by atoms with Gasteiger partial charge in [-0.15, -0.1) is 5.46 Å². The Balaban J connectivity index is 0.00000144. The Labute approximate surface area is 142 Å². The first-order chi connectivity index (χ1) is 7.47. The maximum atomic E-state index is 12.3. The van der Waals surface area contributed by atoms with Gasteiger partial charge in [0, 0.05) is 5.38 Å². The van der Waals surface area contributed by atoms with Crippen molar-refractivity contribution in [2.24, 2.45) is 0 Å². The maximum Gasteiger partial charge on any atom is 1.00 e. The molecule has 0 radical (unpaired) electrons. The molecular weight excluding hydrogens is 277 g/mol. The number of H-pyrrole nitrogens is 1. The molecular formula is C9H6BF3KNOS. The Morgan fingerprint density at radius 1 is 1.12 bits per heavy atom. The zero-order valence-corrected chi connectivity index (χ0v) is 12.9. The quantitative estimate of drug-likeness (QED) is 0.716. The van der Waals surface area contributed by atoms with Gasteiger partial charge < -0.3 is 17.9 Å². The van der Waals surface area contributed by atoms with Crippen molar-refractivity contribution in [1.29, 1.82) is 0 Å². The molecule has 0 fully saturated rings. The molecule has 0 saturated heterocycles. The van der Waals surface area contributed by atoms with Crippen LogP contribution in [-0.2, 0) is 0 Å². The van der Waals surface area contributed by atoms with E-state index < -0.39 is 12.4 Å². The van der Waals surface area contributed by atoms with Gasteiger partial charge in [-0.1, -0.05) is 35.6 Å². The average Bonchev–Trinajstić information content (AvgIpc) is 2.64. The second-order valence-corrected chi connectivity index (χ2v) is 4.10. The van der Waals surface area contributed by atoms with Crippen molar-refractivity contribution in [1.82, 2.24) is 4.98 Å². The molecule has 0 amide bonds. The van der Waals surface area contributed by atoms with E-state index >= 15 is 0 Å². The largest absolute Gasteiger partial charge is 1.00 e. The molecule has 17 heavy (non-hydrogen) atoms. The van der Waals surface area contributed by atoms with Gasteiger partial charge in [0.1, 0.15) is 0 Å².